The van der Waals surface area contributed by atoms with Gasteiger partial charge in [0.15, 0.2) is 17.4 Å². The van der Waals surface area contributed by atoms with Gasteiger partial charge in [-0.15, -0.1) is 0 Å². The first-order valence-electron chi connectivity index (χ1n) is 4.45. The van der Waals surface area contributed by atoms with Crippen molar-refractivity contribution < 1.29 is 13.6 Å². The quantitative estimate of drug-likeness (QED) is 0.623. The van der Waals surface area contributed by atoms with E-state index in [2.05, 4.69) is 0 Å². The van der Waals surface area contributed by atoms with Crippen LogP contribution in [0.3, 0.4) is 0 Å². The second-order valence-electron chi connectivity index (χ2n) is 4.29. The Bertz CT molecular complexity index is 422. The maximum Gasteiger partial charge on any atom is 0.172 e. The van der Waals surface area contributed by atoms with Crippen molar-refractivity contribution in [3.63, 3.8) is 0 Å². The minimum absolute atomic E-state index is 0.0602. The van der Waals surface area contributed by atoms with Crippen LogP contribution in [0, 0.1) is 17.0 Å². The van der Waals surface area contributed by atoms with Gasteiger partial charge >= 0.3 is 0 Å². The molecule has 0 heterocycles. The molecule has 1 aliphatic carbocycles. The molecule has 0 saturated heterocycles. The van der Waals surface area contributed by atoms with E-state index in [9.17, 15) is 13.6 Å². The van der Waals surface area contributed by atoms with Crippen molar-refractivity contribution in [2.45, 2.75) is 20.3 Å². The fourth-order valence-corrected chi connectivity index (χ4v) is 1.88. The Kier molecular flexibility index (Phi) is 1.74. The predicted molar refractivity (Wildman–Crippen MR) is 48.2 cm³/mol. The van der Waals surface area contributed by atoms with E-state index in [0.29, 0.717) is 12.0 Å². The van der Waals surface area contributed by atoms with Gasteiger partial charge in [-0.2, -0.15) is 0 Å². The lowest BCUT2D eigenvalue weighted by Gasteiger charge is -2.13. The summed E-state index contributed by atoms with van der Waals surface area (Å²) in [6.45, 7) is 3.49. The zero-order valence-electron chi connectivity index (χ0n) is 8.03. The van der Waals surface area contributed by atoms with Gasteiger partial charge in [-0.1, -0.05) is 19.9 Å². The van der Waals surface area contributed by atoms with Crippen molar-refractivity contribution in [2.75, 3.05) is 0 Å². The standard InChI is InChI=1S/C11H10F2O/c1-11(2)5-6-3-4-7(12)9(13)8(6)10(11)14/h3-4H,5H2,1-2H3. The molecule has 14 heavy (non-hydrogen) atoms. The molecule has 0 radical (unpaired) electrons. The van der Waals surface area contributed by atoms with E-state index >= 15 is 0 Å². The molecule has 1 aromatic carbocycles. The number of carbonyl (C=O) groups excluding carboxylic acids is 1. The minimum atomic E-state index is -1.00. The third-order valence-electron chi connectivity index (χ3n) is 2.66. The monoisotopic (exact) mass is 196 g/mol. The van der Waals surface area contributed by atoms with Crippen LogP contribution in [-0.2, 0) is 6.42 Å². The molecule has 0 aliphatic heterocycles. The fourth-order valence-electron chi connectivity index (χ4n) is 1.88. The van der Waals surface area contributed by atoms with Crippen molar-refractivity contribution in [3.05, 3.63) is 34.9 Å². The molecule has 0 bridgehead atoms. The summed E-state index contributed by atoms with van der Waals surface area (Å²) < 4.78 is 26.2. The average Bonchev–Trinajstić information content (AvgIpc) is 2.32. The summed E-state index contributed by atoms with van der Waals surface area (Å²) in [6.07, 6.45) is 0.484. The third-order valence-corrected chi connectivity index (χ3v) is 2.66. The van der Waals surface area contributed by atoms with Crippen molar-refractivity contribution in [2.24, 2.45) is 5.41 Å². The number of hydrogen-bond acceptors (Lipinski definition) is 1. The summed E-state index contributed by atoms with van der Waals surface area (Å²) in [7, 11) is 0. The molecular formula is C11H10F2O. The summed E-state index contributed by atoms with van der Waals surface area (Å²) in [5.74, 6) is -2.25. The number of hydrogen-bond donors (Lipinski definition) is 0. The van der Waals surface area contributed by atoms with Crippen LogP contribution in [0.5, 0.6) is 0 Å². The maximum atomic E-state index is 13.3. The highest BCUT2D eigenvalue weighted by atomic mass is 19.2. The first-order valence-corrected chi connectivity index (χ1v) is 4.45. The van der Waals surface area contributed by atoms with Crippen molar-refractivity contribution >= 4 is 5.78 Å². The molecule has 0 saturated carbocycles. The molecule has 2 rings (SSSR count). The van der Waals surface area contributed by atoms with Crippen LogP contribution in [0.25, 0.3) is 0 Å². The lowest BCUT2D eigenvalue weighted by atomic mass is 9.89. The van der Waals surface area contributed by atoms with Gasteiger partial charge in [0.25, 0.3) is 0 Å². The first-order chi connectivity index (χ1) is 6.43. The van der Waals surface area contributed by atoms with E-state index in [-0.39, 0.29) is 11.3 Å². The van der Waals surface area contributed by atoms with Gasteiger partial charge in [0.1, 0.15) is 0 Å². The Labute approximate surface area is 80.7 Å². The molecule has 0 fully saturated rings. The normalized spacial score (nSPS) is 18.4. The number of benzene rings is 1. The Morgan fingerprint density at radius 1 is 1.29 bits per heavy atom. The third kappa shape index (κ3) is 1.08. The van der Waals surface area contributed by atoms with E-state index in [1.54, 1.807) is 13.8 Å². The number of fused-ring (bicyclic) bond motifs is 1. The molecule has 1 aromatic rings. The van der Waals surface area contributed by atoms with Crippen LogP contribution in [-0.4, -0.2) is 5.78 Å². The number of rotatable bonds is 0. The molecular weight excluding hydrogens is 186 g/mol. The SMILES string of the molecule is CC1(C)Cc2ccc(F)c(F)c2C1=O. The van der Waals surface area contributed by atoms with Crippen molar-refractivity contribution in [3.8, 4) is 0 Å². The van der Waals surface area contributed by atoms with Gasteiger partial charge in [0, 0.05) is 5.41 Å². The summed E-state index contributed by atoms with van der Waals surface area (Å²) in [4.78, 5) is 11.7. The second kappa shape index (κ2) is 2.62. The predicted octanol–water partition coefficient (Wildman–Crippen LogP) is 2.73. The van der Waals surface area contributed by atoms with E-state index in [0.717, 1.165) is 6.07 Å². The van der Waals surface area contributed by atoms with Gasteiger partial charge in [0.05, 0.1) is 5.56 Å². The molecule has 0 amide bonds. The zero-order chi connectivity index (χ0) is 10.5. The molecule has 74 valence electrons. The van der Waals surface area contributed by atoms with Crippen LogP contribution in [0.2, 0.25) is 0 Å². The number of carbonyl (C=O) groups is 1. The first kappa shape index (κ1) is 9.31. The van der Waals surface area contributed by atoms with E-state index in [1.807, 2.05) is 0 Å². The lowest BCUT2D eigenvalue weighted by molar-refractivity contribution is 0.0859. The molecule has 1 nitrogen and oxygen atoms in total. The molecule has 0 unspecified atom stereocenters. The van der Waals surface area contributed by atoms with Crippen LogP contribution in [0.15, 0.2) is 12.1 Å². The zero-order valence-corrected chi connectivity index (χ0v) is 8.03. The Balaban J connectivity index is 2.67. The van der Waals surface area contributed by atoms with E-state index < -0.39 is 17.0 Å². The van der Waals surface area contributed by atoms with Gasteiger partial charge in [-0.25, -0.2) is 8.78 Å². The van der Waals surface area contributed by atoms with E-state index in [4.69, 9.17) is 0 Å². The summed E-state index contributed by atoms with van der Waals surface area (Å²) in [5, 5.41) is 0. The van der Waals surface area contributed by atoms with Gasteiger partial charge in [0.2, 0.25) is 0 Å². The van der Waals surface area contributed by atoms with Gasteiger partial charge in [-0.3, -0.25) is 4.79 Å². The smallest absolute Gasteiger partial charge is 0.172 e. The van der Waals surface area contributed by atoms with Crippen LogP contribution in [0.1, 0.15) is 29.8 Å². The maximum absolute atomic E-state index is 13.3. The Morgan fingerprint density at radius 3 is 2.57 bits per heavy atom. The molecule has 3 heteroatoms. The summed E-state index contributed by atoms with van der Waals surface area (Å²) in [5.41, 5.74) is -0.0503. The second-order valence-corrected chi connectivity index (χ2v) is 4.29. The fraction of sp³-hybridized carbons (Fsp3) is 0.364. The number of Topliss-reactive ketones (excluding diaryl/α,β-unsaturated/α-hetero) is 1. The average molecular weight is 196 g/mol. The Morgan fingerprint density at radius 2 is 1.93 bits per heavy atom. The minimum Gasteiger partial charge on any atom is -0.293 e. The Hall–Kier alpha value is -1.25. The number of halogens is 2. The lowest BCUT2D eigenvalue weighted by Crippen LogP contribution is -2.19. The van der Waals surface area contributed by atoms with Crippen LogP contribution in [0.4, 0.5) is 8.78 Å². The summed E-state index contributed by atoms with van der Waals surface area (Å²) >= 11 is 0. The van der Waals surface area contributed by atoms with E-state index in [1.165, 1.54) is 6.07 Å². The topological polar surface area (TPSA) is 17.1 Å². The largest absolute Gasteiger partial charge is 0.293 e. The van der Waals surface area contributed by atoms with Gasteiger partial charge in [-0.05, 0) is 18.1 Å². The molecule has 0 aromatic heterocycles. The summed E-state index contributed by atoms with van der Waals surface area (Å²) in [6, 6.07) is 2.56. The molecule has 0 spiro atoms. The highest BCUT2D eigenvalue weighted by Crippen LogP contribution is 2.37. The molecule has 0 atom stereocenters. The van der Waals surface area contributed by atoms with Crippen LogP contribution >= 0.6 is 0 Å². The highest BCUT2D eigenvalue weighted by Gasteiger charge is 2.40. The molecule has 0 N–H and O–H groups in total. The van der Waals surface area contributed by atoms with Crippen LogP contribution < -0.4 is 0 Å². The van der Waals surface area contributed by atoms with Crippen molar-refractivity contribution in [1.82, 2.24) is 0 Å². The number of ketones is 1. The molecule has 1 aliphatic rings. The van der Waals surface area contributed by atoms with Crippen molar-refractivity contribution in [1.29, 1.82) is 0 Å². The van der Waals surface area contributed by atoms with Gasteiger partial charge < -0.3 is 0 Å². The highest BCUT2D eigenvalue weighted by molar-refractivity contribution is 6.04.